The lowest BCUT2D eigenvalue weighted by atomic mass is 10.2. The second-order valence-electron chi connectivity index (χ2n) is 4.60. The first-order valence-corrected chi connectivity index (χ1v) is 6.30. The minimum absolute atomic E-state index is 0.228. The number of aromatic nitrogens is 1. The largest absolute Gasteiger partial charge is 0.465 e. The predicted molar refractivity (Wildman–Crippen MR) is 80.8 cm³/mol. The SMILES string of the molecule is COC(=O)c1cc(Oc2cccc(N(C)C)c2)ncc1N. The maximum absolute atomic E-state index is 11.6. The summed E-state index contributed by atoms with van der Waals surface area (Å²) in [6.07, 6.45) is 1.37. The molecule has 0 spiro atoms. The number of nitrogen functional groups attached to an aromatic ring is 1. The highest BCUT2D eigenvalue weighted by Gasteiger charge is 2.12. The van der Waals surface area contributed by atoms with Crippen LogP contribution in [0.3, 0.4) is 0 Å². The number of anilines is 2. The molecule has 2 N–H and O–H groups in total. The van der Waals surface area contributed by atoms with Crippen LogP contribution in [0.2, 0.25) is 0 Å². The average Bonchev–Trinajstić information content (AvgIpc) is 2.48. The standard InChI is InChI=1S/C15H17N3O3/c1-18(2)10-5-4-6-11(7-10)21-14-8-12(15(19)20-3)13(16)9-17-14/h4-9H,16H2,1-3H3. The van der Waals surface area contributed by atoms with Gasteiger partial charge in [-0.3, -0.25) is 0 Å². The van der Waals surface area contributed by atoms with Gasteiger partial charge in [0.2, 0.25) is 5.88 Å². The fourth-order valence-corrected chi connectivity index (χ4v) is 1.74. The minimum Gasteiger partial charge on any atom is -0.465 e. The number of methoxy groups -OCH3 is 1. The van der Waals surface area contributed by atoms with Crippen molar-refractivity contribution in [1.29, 1.82) is 0 Å². The first kappa shape index (κ1) is 14.6. The van der Waals surface area contributed by atoms with E-state index in [1.165, 1.54) is 19.4 Å². The molecular weight excluding hydrogens is 270 g/mol. The van der Waals surface area contributed by atoms with E-state index < -0.39 is 5.97 Å². The molecule has 0 amide bonds. The van der Waals surface area contributed by atoms with Crippen molar-refractivity contribution in [2.75, 3.05) is 31.8 Å². The fraction of sp³-hybridized carbons (Fsp3) is 0.200. The Labute approximate surface area is 123 Å². The molecule has 1 aromatic heterocycles. The molecule has 2 aromatic rings. The number of hydrogen-bond acceptors (Lipinski definition) is 6. The van der Waals surface area contributed by atoms with Gasteiger partial charge in [0.05, 0.1) is 24.6 Å². The van der Waals surface area contributed by atoms with E-state index in [4.69, 9.17) is 10.5 Å². The van der Waals surface area contributed by atoms with E-state index in [1.54, 1.807) is 0 Å². The second kappa shape index (κ2) is 6.13. The highest BCUT2D eigenvalue weighted by Crippen LogP contribution is 2.26. The quantitative estimate of drug-likeness (QED) is 0.869. The summed E-state index contributed by atoms with van der Waals surface area (Å²) in [4.78, 5) is 17.6. The second-order valence-corrected chi connectivity index (χ2v) is 4.60. The van der Waals surface area contributed by atoms with Gasteiger partial charge in [0.25, 0.3) is 0 Å². The van der Waals surface area contributed by atoms with Gasteiger partial charge < -0.3 is 20.1 Å². The van der Waals surface area contributed by atoms with Crippen LogP contribution in [-0.4, -0.2) is 32.2 Å². The molecular formula is C15H17N3O3. The zero-order chi connectivity index (χ0) is 15.4. The zero-order valence-electron chi connectivity index (χ0n) is 12.2. The van der Waals surface area contributed by atoms with Gasteiger partial charge in [-0.05, 0) is 12.1 Å². The molecule has 2 rings (SSSR count). The Morgan fingerprint density at radius 1 is 1.29 bits per heavy atom. The molecule has 110 valence electrons. The molecule has 6 nitrogen and oxygen atoms in total. The molecule has 1 heterocycles. The molecule has 0 aliphatic heterocycles. The van der Waals surface area contributed by atoms with Gasteiger partial charge in [0, 0.05) is 31.9 Å². The van der Waals surface area contributed by atoms with Crippen molar-refractivity contribution in [1.82, 2.24) is 4.98 Å². The van der Waals surface area contributed by atoms with Crippen LogP contribution in [0.4, 0.5) is 11.4 Å². The van der Waals surface area contributed by atoms with E-state index in [0.29, 0.717) is 5.75 Å². The van der Waals surface area contributed by atoms with Crippen LogP contribution in [0.5, 0.6) is 11.6 Å². The van der Waals surface area contributed by atoms with E-state index >= 15 is 0 Å². The fourth-order valence-electron chi connectivity index (χ4n) is 1.74. The van der Waals surface area contributed by atoms with Crippen molar-refractivity contribution in [3.63, 3.8) is 0 Å². The summed E-state index contributed by atoms with van der Waals surface area (Å²) in [6, 6.07) is 8.98. The van der Waals surface area contributed by atoms with Crippen molar-refractivity contribution < 1.29 is 14.3 Å². The third-order valence-corrected chi connectivity index (χ3v) is 2.87. The Bertz CT molecular complexity index is 656. The molecule has 0 unspecified atom stereocenters. The van der Waals surface area contributed by atoms with E-state index in [1.807, 2.05) is 43.3 Å². The summed E-state index contributed by atoms with van der Waals surface area (Å²) in [5.74, 6) is 0.372. The zero-order valence-corrected chi connectivity index (χ0v) is 12.2. The van der Waals surface area contributed by atoms with Gasteiger partial charge in [-0.25, -0.2) is 9.78 Å². The van der Waals surface area contributed by atoms with Crippen LogP contribution in [-0.2, 0) is 4.74 Å². The van der Waals surface area contributed by atoms with Crippen molar-refractivity contribution >= 4 is 17.3 Å². The number of ether oxygens (including phenoxy) is 2. The molecule has 0 radical (unpaired) electrons. The molecule has 0 saturated heterocycles. The molecule has 0 atom stereocenters. The molecule has 6 heteroatoms. The number of benzene rings is 1. The van der Waals surface area contributed by atoms with Crippen LogP contribution >= 0.6 is 0 Å². The summed E-state index contributed by atoms with van der Waals surface area (Å²) in [7, 11) is 5.18. The maximum Gasteiger partial charge on any atom is 0.340 e. The third kappa shape index (κ3) is 3.42. The monoisotopic (exact) mass is 287 g/mol. The van der Waals surface area contributed by atoms with Crippen molar-refractivity contribution in [2.24, 2.45) is 0 Å². The number of nitrogens with two attached hydrogens (primary N) is 1. The molecule has 0 aliphatic carbocycles. The third-order valence-electron chi connectivity index (χ3n) is 2.87. The highest BCUT2D eigenvalue weighted by atomic mass is 16.5. The van der Waals surface area contributed by atoms with E-state index in [-0.39, 0.29) is 17.1 Å². The smallest absolute Gasteiger partial charge is 0.340 e. The molecule has 21 heavy (non-hydrogen) atoms. The van der Waals surface area contributed by atoms with Crippen LogP contribution < -0.4 is 15.4 Å². The van der Waals surface area contributed by atoms with Crippen LogP contribution in [0.15, 0.2) is 36.5 Å². The normalized spacial score (nSPS) is 10.0. The maximum atomic E-state index is 11.6. The number of carbonyl (C=O) groups is 1. The van der Waals surface area contributed by atoms with Crippen molar-refractivity contribution in [3.05, 3.63) is 42.1 Å². The van der Waals surface area contributed by atoms with Gasteiger partial charge >= 0.3 is 5.97 Å². The highest BCUT2D eigenvalue weighted by molar-refractivity contribution is 5.95. The van der Waals surface area contributed by atoms with E-state index in [2.05, 4.69) is 9.72 Å². The Hall–Kier alpha value is -2.76. The Kier molecular flexibility index (Phi) is 4.27. The van der Waals surface area contributed by atoms with Crippen LogP contribution in [0.1, 0.15) is 10.4 Å². The summed E-state index contributed by atoms with van der Waals surface area (Å²) in [6.45, 7) is 0. The van der Waals surface area contributed by atoms with E-state index in [9.17, 15) is 4.79 Å². The number of rotatable bonds is 4. The predicted octanol–water partition coefficient (Wildman–Crippen LogP) is 2.31. The number of hydrogen-bond donors (Lipinski definition) is 1. The lowest BCUT2D eigenvalue weighted by Gasteiger charge is -2.14. The first-order chi connectivity index (χ1) is 10.0. The topological polar surface area (TPSA) is 77.7 Å². The number of carbonyl (C=O) groups excluding carboxylic acids is 1. The molecule has 0 saturated carbocycles. The first-order valence-electron chi connectivity index (χ1n) is 6.30. The minimum atomic E-state index is -0.526. The number of esters is 1. The number of nitrogens with zero attached hydrogens (tertiary/aromatic N) is 2. The van der Waals surface area contributed by atoms with Gasteiger partial charge in [0.15, 0.2) is 0 Å². The average molecular weight is 287 g/mol. The summed E-state index contributed by atoms with van der Waals surface area (Å²) in [5.41, 5.74) is 7.17. The lowest BCUT2D eigenvalue weighted by molar-refractivity contribution is 0.0601. The molecule has 1 aromatic carbocycles. The van der Waals surface area contributed by atoms with Gasteiger partial charge in [-0.15, -0.1) is 0 Å². The van der Waals surface area contributed by atoms with E-state index in [0.717, 1.165) is 5.69 Å². The van der Waals surface area contributed by atoms with Crippen LogP contribution in [0.25, 0.3) is 0 Å². The van der Waals surface area contributed by atoms with Gasteiger partial charge in [-0.2, -0.15) is 0 Å². The Morgan fingerprint density at radius 2 is 2.05 bits per heavy atom. The summed E-state index contributed by atoms with van der Waals surface area (Å²) in [5, 5.41) is 0. The van der Waals surface area contributed by atoms with Crippen molar-refractivity contribution in [2.45, 2.75) is 0 Å². The lowest BCUT2D eigenvalue weighted by Crippen LogP contribution is -2.08. The van der Waals surface area contributed by atoms with Crippen molar-refractivity contribution in [3.8, 4) is 11.6 Å². The van der Waals surface area contributed by atoms with Gasteiger partial charge in [0.1, 0.15) is 5.75 Å². The Balaban J connectivity index is 2.27. The summed E-state index contributed by atoms with van der Waals surface area (Å²) < 4.78 is 10.3. The molecule has 0 bridgehead atoms. The Morgan fingerprint density at radius 3 is 2.71 bits per heavy atom. The van der Waals surface area contributed by atoms with Gasteiger partial charge in [-0.1, -0.05) is 6.07 Å². The van der Waals surface area contributed by atoms with Crippen LogP contribution in [0, 0.1) is 0 Å². The molecule has 0 aliphatic rings. The molecule has 0 fully saturated rings. The summed E-state index contributed by atoms with van der Waals surface area (Å²) >= 11 is 0. The number of pyridine rings is 1.